The summed E-state index contributed by atoms with van der Waals surface area (Å²) in [5, 5.41) is 0. The summed E-state index contributed by atoms with van der Waals surface area (Å²) in [6.07, 6.45) is 14.4. The van der Waals surface area contributed by atoms with E-state index in [0.717, 1.165) is 40.4 Å². The van der Waals surface area contributed by atoms with E-state index in [-0.39, 0.29) is 23.8 Å². The fraction of sp³-hybridized carbons (Fsp3) is 0.267. The predicted molar refractivity (Wildman–Crippen MR) is 139 cm³/mol. The Bertz CT molecular complexity index is 1230. The van der Waals surface area contributed by atoms with Gasteiger partial charge in [-0.1, -0.05) is 61.6 Å². The number of carbonyl (C=O) groups excluding carboxylic acids is 1. The van der Waals surface area contributed by atoms with Crippen LogP contribution in [-0.4, -0.2) is 30.7 Å². The zero-order valence-electron chi connectivity index (χ0n) is 19.9. The molecule has 3 unspecified atom stereocenters. The second-order valence-corrected chi connectivity index (χ2v) is 9.04. The topological polar surface area (TPSA) is 41.9 Å². The molecule has 0 saturated heterocycles. The van der Waals surface area contributed by atoms with Gasteiger partial charge in [0, 0.05) is 18.0 Å². The highest BCUT2D eigenvalue weighted by Gasteiger charge is 2.37. The number of ketones is 1. The van der Waals surface area contributed by atoms with Gasteiger partial charge in [-0.2, -0.15) is 0 Å². The molecule has 0 N–H and O–H groups in total. The zero-order valence-corrected chi connectivity index (χ0v) is 19.9. The normalized spacial score (nSPS) is 22.9. The molecule has 0 fully saturated rings. The average molecular weight is 451 g/mol. The summed E-state index contributed by atoms with van der Waals surface area (Å²) < 4.78 is 5.40. The molecule has 34 heavy (non-hydrogen) atoms. The van der Waals surface area contributed by atoms with Gasteiger partial charge in [-0.25, -0.2) is 0 Å². The molecule has 4 nitrogen and oxygen atoms in total. The summed E-state index contributed by atoms with van der Waals surface area (Å²) in [5.41, 5.74) is 6.61. The van der Waals surface area contributed by atoms with Gasteiger partial charge in [-0.3, -0.25) is 9.79 Å². The van der Waals surface area contributed by atoms with Crippen LogP contribution < -0.4 is 9.64 Å². The molecule has 4 heteroatoms. The van der Waals surface area contributed by atoms with Crippen LogP contribution in [0.1, 0.15) is 31.4 Å². The number of aryl methyl sites for hydroxylation is 1. The van der Waals surface area contributed by atoms with Crippen molar-refractivity contribution in [3.8, 4) is 5.75 Å². The van der Waals surface area contributed by atoms with Gasteiger partial charge in [0.05, 0.1) is 30.6 Å². The number of Topliss-reactive ketones (excluding diaryl/α,β-unsaturated/α-hetero) is 1. The average Bonchev–Trinajstić information content (AvgIpc) is 2.87. The predicted octanol–water partition coefficient (Wildman–Crippen LogP) is 5.96. The van der Waals surface area contributed by atoms with Gasteiger partial charge in [0.15, 0.2) is 0 Å². The van der Waals surface area contributed by atoms with Crippen molar-refractivity contribution < 1.29 is 9.53 Å². The van der Waals surface area contributed by atoms with Crippen LogP contribution in [0.5, 0.6) is 5.75 Å². The molecule has 0 spiro atoms. The molecular weight excluding hydrogens is 420 g/mol. The molecule has 2 aliphatic heterocycles. The lowest BCUT2D eigenvalue weighted by Gasteiger charge is -2.42. The maximum atomic E-state index is 12.5. The van der Waals surface area contributed by atoms with Crippen molar-refractivity contribution in [3.63, 3.8) is 0 Å². The lowest BCUT2D eigenvalue weighted by Crippen LogP contribution is -2.44. The van der Waals surface area contributed by atoms with Crippen molar-refractivity contribution in [2.45, 2.75) is 38.8 Å². The number of anilines is 1. The van der Waals surface area contributed by atoms with E-state index in [4.69, 9.17) is 9.73 Å². The highest BCUT2D eigenvalue weighted by molar-refractivity contribution is 6.18. The number of ether oxygens (including phenoxy) is 1. The van der Waals surface area contributed by atoms with Crippen LogP contribution in [-0.2, 0) is 11.2 Å². The first-order chi connectivity index (χ1) is 16.6. The highest BCUT2D eigenvalue weighted by atomic mass is 16.5. The van der Waals surface area contributed by atoms with Gasteiger partial charge >= 0.3 is 0 Å². The second kappa shape index (κ2) is 9.30. The summed E-state index contributed by atoms with van der Waals surface area (Å²) in [5.74, 6) is 1.19. The number of benzene rings is 2. The standard InChI is InChI=1S/C30H30N2O2/c1-4-21-9-11-22(12-10-21)29-19-28-26(18-23-7-5-6-8-27(23)31-28)30(17-20(2)33)32(29)24-13-15-25(34-3)16-14-24/h5-16,18-19,23,27,30H,4,17H2,1-3H3. The molecule has 0 amide bonds. The molecule has 172 valence electrons. The number of hydrogen-bond acceptors (Lipinski definition) is 4. The number of rotatable bonds is 6. The number of fused-ring (bicyclic) bond motifs is 2. The van der Waals surface area contributed by atoms with Gasteiger partial charge in [-0.15, -0.1) is 0 Å². The fourth-order valence-electron chi connectivity index (χ4n) is 5.00. The molecule has 0 saturated carbocycles. The number of methoxy groups -OCH3 is 1. The van der Waals surface area contributed by atoms with E-state index in [1.807, 2.05) is 12.1 Å². The van der Waals surface area contributed by atoms with E-state index in [9.17, 15) is 4.79 Å². The molecule has 1 aliphatic carbocycles. The first-order valence-corrected chi connectivity index (χ1v) is 12.0. The smallest absolute Gasteiger partial charge is 0.132 e. The van der Waals surface area contributed by atoms with Gasteiger partial charge < -0.3 is 9.64 Å². The third-order valence-corrected chi connectivity index (χ3v) is 6.80. The number of allylic oxidation sites excluding steroid dienone is 3. The molecule has 2 heterocycles. The minimum Gasteiger partial charge on any atom is -0.497 e. The Morgan fingerprint density at radius 1 is 1.03 bits per heavy atom. The molecule has 2 aromatic rings. The Labute approximate surface area is 201 Å². The fourth-order valence-corrected chi connectivity index (χ4v) is 5.00. The van der Waals surface area contributed by atoms with Crippen LogP contribution in [0, 0.1) is 5.92 Å². The Morgan fingerprint density at radius 2 is 1.76 bits per heavy atom. The van der Waals surface area contributed by atoms with Gasteiger partial charge in [0.2, 0.25) is 0 Å². The number of hydrogen-bond donors (Lipinski definition) is 0. The first kappa shape index (κ1) is 22.1. The van der Waals surface area contributed by atoms with Crippen LogP contribution in [0.25, 0.3) is 5.70 Å². The van der Waals surface area contributed by atoms with Gasteiger partial charge in [0.1, 0.15) is 11.5 Å². The third kappa shape index (κ3) is 4.16. The van der Waals surface area contributed by atoms with Crippen LogP contribution in [0.2, 0.25) is 0 Å². The third-order valence-electron chi connectivity index (χ3n) is 6.80. The van der Waals surface area contributed by atoms with Crippen molar-refractivity contribution in [2.75, 3.05) is 12.0 Å². The zero-order chi connectivity index (χ0) is 23.7. The molecule has 3 aliphatic rings. The summed E-state index contributed by atoms with van der Waals surface area (Å²) in [6, 6.07) is 16.8. The Balaban J connectivity index is 1.69. The highest BCUT2D eigenvalue weighted by Crippen LogP contribution is 2.40. The molecule has 0 aromatic heterocycles. The van der Waals surface area contributed by atoms with Gasteiger partial charge in [0.25, 0.3) is 0 Å². The Hall–Kier alpha value is -3.66. The Morgan fingerprint density at radius 3 is 2.44 bits per heavy atom. The van der Waals surface area contributed by atoms with Crippen molar-refractivity contribution in [1.29, 1.82) is 0 Å². The summed E-state index contributed by atoms with van der Waals surface area (Å²) in [4.78, 5) is 19.9. The van der Waals surface area contributed by atoms with Crippen LogP contribution in [0.3, 0.4) is 0 Å². The second-order valence-electron chi connectivity index (χ2n) is 9.04. The summed E-state index contributed by atoms with van der Waals surface area (Å²) in [6.45, 7) is 3.84. The Kier molecular flexibility index (Phi) is 6.06. The largest absolute Gasteiger partial charge is 0.497 e. The van der Waals surface area contributed by atoms with Crippen molar-refractivity contribution in [2.24, 2.45) is 10.9 Å². The number of carbonyl (C=O) groups is 1. The van der Waals surface area contributed by atoms with E-state index in [1.165, 1.54) is 5.56 Å². The van der Waals surface area contributed by atoms with Gasteiger partial charge in [-0.05, 0) is 60.4 Å². The number of dihydropyridines is 1. The maximum absolute atomic E-state index is 12.5. The number of nitrogens with zero attached hydrogens (tertiary/aromatic N) is 2. The maximum Gasteiger partial charge on any atom is 0.132 e. The summed E-state index contributed by atoms with van der Waals surface area (Å²) >= 11 is 0. The van der Waals surface area contributed by atoms with E-state index in [0.29, 0.717) is 6.42 Å². The SMILES string of the molecule is CCc1ccc(C2=CC3=NC4C=CC=CC4C=C3C(CC(C)=O)N2c2ccc(OC)cc2)cc1. The molecular formula is C30H30N2O2. The molecule has 2 aromatic carbocycles. The lowest BCUT2D eigenvalue weighted by molar-refractivity contribution is -0.117. The molecule has 0 radical (unpaired) electrons. The lowest BCUT2D eigenvalue weighted by atomic mass is 9.81. The molecule has 5 rings (SSSR count). The van der Waals surface area contributed by atoms with Crippen molar-refractivity contribution in [3.05, 3.63) is 102 Å². The van der Waals surface area contributed by atoms with E-state index < -0.39 is 0 Å². The van der Waals surface area contributed by atoms with Crippen LogP contribution in [0.15, 0.2) is 95.6 Å². The quantitative estimate of drug-likeness (QED) is 0.545. The number of aliphatic imine (C=N–C) groups is 1. The molecule has 0 bridgehead atoms. The van der Waals surface area contributed by atoms with Crippen molar-refractivity contribution >= 4 is 22.9 Å². The monoisotopic (exact) mass is 450 g/mol. The summed E-state index contributed by atoms with van der Waals surface area (Å²) in [7, 11) is 1.67. The first-order valence-electron chi connectivity index (χ1n) is 12.0. The van der Waals surface area contributed by atoms with Crippen LogP contribution >= 0.6 is 0 Å². The van der Waals surface area contributed by atoms with Crippen molar-refractivity contribution in [1.82, 2.24) is 0 Å². The van der Waals surface area contributed by atoms with E-state index in [1.54, 1.807) is 14.0 Å². The minimum absolute atomic E-state index is 0.106. The van der Waals surface area contributed by atoms with E-state index in [2.05, 4.69) is 84.7 Å². The van der Waals surface area contributed by atoms with E-state index >= 15 is 0 Å². The molecule has 3 atom stereocenters. The van der Waals surface area contributed by atoms with Crippen LogP contribution in [0.4, 0.5) is 5.69 Å². The minimum atomic E-state index is -0.129.